The number of hydrogen-bond acceptors (Lipinski definition) is 2. The van der Waals surface area contributed by atoms with E-state index in [1.807, 2.05) is 13.8 Å². The molecule has 2 heteroatoms. The van der Waals surface area contributed by atoms with Crippen LogP contribution in [0.4, 0.5) is 0 Å². The van der Waals surface area contributed by atoms with Gasteiger partial charge in [-0.2, -0.15) is 0 Å². The van der Waals surface area contributed by atoms with Gasteiger partial charge < -0.3 is 10.2 Å². The minimum atomic E-state index is -1.44. The summed E-state index contributed by atoms with van der Waals surface area (Å²) in [7, 11) is 0. The summed E-state index contributed by atoms with van der Waals surface area (Å²) in [5.41, 5.74) is 0.552. The molecule has 2 nitrogen and oxygen atoms in total. The maximum Gasteiger partial charge on any atom is 0.165 e. The Morgan fingerprint density at radius 1 is 0.773 bits per heavy atom. The van der Waals surface area contributed by atoms with Crippen LogP contribution in [0.1, 0.15) is 113 Å². The van der Waals surface area contributed by atoms with Gasteiger partial charge in [-0.3, -0.25) is 0 Å². The maximum absolute atomic E-state index is 9.70. The monoisotopic (exact) mass is 316 g/mol. The Kier molecular flexibility index (Phi) is 14.7. The van der Waals surface area contributed by atoms with Crippen molar-refractivity contribution in [1.29, 1.82) is 0 Å². The second kappa shape index (κ2) is 13.4. The molecule has 1 atom stereocenters. The summed E-state index contributed by atoms with van der Waals surface area (Å²) < 4.78 is 0. The Labute approximate surface area is 140 Å². The largest absolute Gasteiger partial charge is 0.365 e. The Morgan fingerprint density at radius 2 is 1.32 bits per heavy atom. The SMILES string of the molecule is CCCCC(C)(C)C.CCCCCCC(CC)C(O)(O)CC. The van der Waals surface area contributed by atoms with Crippen LogP contribution >= 0.6 is 0 Å². The minimum absolute atomic E-state index is 0.0457. The fourth-order valence-electron chi connectivity index (χ4n) is 2.58. The quantitative estimate of drug-likeness (QED) is 0.367. The van der Waals surface area contributed by atoms with Crippen molar-refractivity contribution >= 4 is 0 Å². The molecule has 136 valence electrons. The number of hydrogen-bond donors (Lipinski definition) is 2. The molecular weight excluding hydrogens is 272 g/mol. The van der Waals surface area contributed by atoms with E-state index in [0.29, 0.717) is 11.8 Å². The van der Waals surface area contributed by atoms with Gasteiger partial charge in [0.25, 0.3) is 0 Å². The van der Waals surface area contributed by atoms with E-state index in [2.05, 4.69) is 34.6 Å². The molecule has 0 aliphatic carbocycles. The predicted octanol–water partition coefficient (Wildman–Crippen LogP) is 6.30. The van der Waals surface area contributed by atoms with Gasteiger partial charge in [-0.25, -0.2) is 0 Å². The highest BCUT2D eigenvalue weighted by molar-refractivity contribution is 4.73. The first-order valence-corrected chi connectivity index (χ1v) is 9.59. The molecule has 0 aliphatic heterocycles. The van der Waals surface area contributed by atoms with Crippen LogP contribution in [0, 0.1) is 11.3 Å². The first kappa shape index (κ1) is 24.2. The van der Waals surface area contributed by atoms with Crippen LogP contribution in [0.25, 0.3) is 0 Å². The molecule has 22 heavy (non-hydrogen) atoms. The highest BCUT2D eigenvalue weighted by Gasteiger charge is 2.30. The predicted molar refractivity (Wildman–Crippen MR) is 99.0 cm³/mol. The standard InChI is InChI=1S/C12H26O2.C8H18/c1-4-7-8-9-10-11(5-2)12(13,14)6-3;1-5-6-7-8(2,3)4/h11,13-14H,4-10H2,1-3H3;5-7H2,1-4H3. The molecule has 0 radical (unpaired) electrons. The third kappa shape index (κ3) is 14.8. The number of aliphatic hydroxyl groups is 2. The lowest BCUT2D eigenvalue weighted by atomic mass is 9.88. The zero-order valence-electron chi connectivity index (χ0n) is 16.5. The average molecular weight is 317 g/mol. The van der Waals surface area contributed by atoms with Crippen LogP contribution in [-0.2, 0) is 0 Å². The van der Waals surface area contributed by atoms with Crippen molar-refractivity contribution in [3.8, 4) is 0 Å². The average Bonchev–Trinajstić information content (AvgIpc) is 2.45. The topological polar surface area (TPSA) is 40.5 Å². The highest BCUT2D eigenvalue weighted by atomic mass is 16.5. The fraction of sp³-hybridized carbons (Fsp3) is 1.00. The van der Waals surface area contributed by atoms with E-state index >= 15 is 0 Å². The lowest BCUT2D eigenvalue weighted by Gasteiger charge is -2.29. The summed E-state index contributed by atoms with van der Waals surface area (Å²) in [6.45, 7) is 15.2. The molecule has 1 unspecified atom stereocenters. The summed E-state index contributed by atoms with van der Waals surface area (Å²) in [5.74, 6) is -1.40. The fourth-order valence-corrected chi connectivity index (χ4v) is 2.58. The molecule has 0 aromatic heterocycles. The van der Waals surface area contributed by atoms with Crippen LogP contribution in [0.3, 0.4) is 0 Å². The van der Waals surface area contributed by atoms with Crippen LogP contribution in [0.15, 0.2) is 0 Å². The molecular formula is C20H44O2. The van der Waals surface area contributed by atoms with E-state index in [1.54, 1.807) is 0 Å². The van der Waals surface area contributed by atoms with Crippen molar-refractivity contribution in [2.45, 2.75) is 118 Å². The first-order valence-electron chi connectivity index (χ1n) is 9.59. The van der Waals surface area contributed by atoms with Crippen LogP contribution in [-0.4, -0.2) is 16.0 Å². The van der Waals surface area contributed by atoms with Crippen molar-refractivity contribution < 1.29 is 10.2 Å². The van der Waals surface area contributed by atoms with Gasteiger partial charge in [0.15, 0.2) is 5.79 Å². The van der Waals surface area contributed by atoms with Crippen LogP contribution in [0.5, 0.6) is 0 Å². The molecule has 0 bridgehead atoms. The molecule has 0 aromatic carbocycles. The Bertz CT molecular complexity index is 228. The minimum Gasteiger partial charge on any atom is -0.365 e. The number of unbranched alkanes of at least 4 members (excludes halogenated alkanes) is 4. The summed E-state index contributed by atoms with van der Waals surface area (Å²) in [6, 6.07) is 0. The molecule has 0 aromatic rings. The van der Waals surface area contributed by atoms with E-state index in [4.69, 9.17) is 0 Å². The van der Waals surface area contributed by atoms with Crippen molar-refractivity contribution in [2.24, 2.45) is 11.3 Å². The lowest BCUT2D eigenvalue weighted by Crippen LogP contribution is -2.36. The van der Waals surface area contributed by atoms with Gasteiger partial charge in [0.1, 0.15) is 0 Å². The van der Waals surface area contributed by atoms with Crippen molar-refractivity contribution in [3.63, 3.8) is 0 Å². The molecule has 0 amide bonds. The summed E-state index contributed by atoms with van der Waals surface area (Å²) in [4.78, 5) is 0. The highest BCUT2D eigenvalue weighted by Crippen LogP contribution is 2.27. The molecule has 0 spiro atoms. The van der Waals surface area contributed by atoms with Crippen LogP contribution < -0.4 is 0 Å². The normalized spacial score (nSPS) is 13.5. The molecule has 2 N–H and O–H groups in total. The van der Waals surface area contributed by atoms with Crippen LogP contribution in [0.2, 0.25) is 0 Å². The molecule has 0 saturated heterocycles. The molecule has 0 fully saturated rings. The van der Waals surface area contributed by atoms with E-state index in [0.717, 1.165) is 19.3 Å². The van der Waals surface area contributed by atoms with Gasteiger partial charge in [0.05, 0.1) is 0 Å². The van der Waals surface area contributed by atoms with Crippen molar-refractivity contribution in [3.05, 3.63) is 0 Å². The third-order valence-electron chi connectivity index (χ3n) is 4.35. The zero-order valence-corrected chi connectivity index (χ0v) is 16.5. The van der Waals surface area contributed by atoms with E-state index in [9.17, 15) is 10.2 Å². The van der Waals surface area contributed by atoms with Crippen molar-refractivity contribution in [2.75, 3.05) is 0 Å². The molecule has 0 saturated carbocycles. The maximum atomic E-state index is 9.70. The van der Waals surface area contributed by atoms with Gasteiger partial charge in [0.2, 0.25) is 0 Å². The van der Waals surface area contributed by atoms with Gasteiger partial charge in [-0.15, -0.1) is 0 Å². The Morgan fingerprint density at radius 3 is 1.64 bits per heavy atom. The summed E-state index contributed by atoms with van der Waals surface area (Å²) >= 11 is 0. The molecule has 0 heterocycles. The first-order chi connectivity index (χ1) is 10.1. The second-order valence-electron chi connectivity index (χ2n) is 7.85. The number of rotatable bonds is 10. The zero-order chi connectivity index (χ0) is 17.6. The van der Waals surface area contributed by atoms with E-state index < -0.39 is 5.79 Å². The van der Waals surface area contributed by atoms with Gasteiger partial charge >= 0.3 is 0 Å². The molecule has 0 rings (SSSR count). The van der Waals surface area contributed by atoms with Gasteiger partial charge in [0, 0.05) is 5.92 Å². The Hall–Kier alpha value is -0.0800. The summed E-state index contributed by atoms with van der Waals surface area (Å²) in [6.07, 6.45) is 11.1. The van der Waals surface area contributed by atoms with Gasteiger partial charge in [-0.1, -0.05) is 87.0 Å². The van der Waals surface area contributed by atoms with E-state index in [-0.39, 0.29) is 5.92 Å². The van der Waals surface area contributed by atoms with E-state index in [1.165, 1.54) is 38.5 Å². The summed E-state index contributed by atoms with van der Waals surface area (Å²) in [5, 5.41) is 19.4. The Balaban J connectivity index is 0. The second-order valence-corrected chi connectivity index (χ2v) is 7.85. The van der Waals surface area contributed by atoms with Crippen molar-refractivity contribution in [1.82, 2.24) is 0 Å². The molecule has 0 aliphatic rings. The lowest BCUT2D eigenvalue weighted by molar-refractivity contribution is -0.204. The third-order valence-corrected chi connectivity index (χ3v) is 4.35. The smallest absolute Gasteiger partial charge is 0.165 e. The van der Waals surface area contributed by atoms with Gasteiger partial charge in [-0.05, 0) is 31.1 Å².